The molecular weight excluding hydrogens is 478 g/mol. The van der Waals surface area contributed by atoms with Crippen molar-refractivity contribution in [2.24, 2.45) is 10.2 Å². The van der Waals surface area contributed by atoms with E-state index < -0.39 is 30.9 Å². The topological polar surface area (TPSA) is 230 Å². The number of phenols is 1. The van der Waals surface area contributed by atoms with Gasteiger partial charge in [0.1, 0.15) is 16.1 Å². The van der Waals surface area contributed by atoms with Crippen LogP contribution in [0.2, 0.25) is 0 Å². The van der Waals surface area contributed by atoms with Gasteiger partial charge in [0.2, 0.25) is 0 Å². The third-order valence-electron chi connectivity index (χ3n) is 4.45. The van der Waals surface area contributed by atoms with Gasteiger partial charge < -0.3 is 16.1 Å². The van der Waals surface area contributed by atoms with Gasteiger partial charge in [0.25, 0.3) is 20.2 Å². The monoisotopic (exact) mass is 495 g/mol. The number of phenolic OH excluding ortho intramolecular Hbond substituents is 1. The van der Waals surface area contributed by atoms with Crippen molar-refractivity contribution in [1.29, 1.82) is 0 Å². The van der Waals surface area contributed by atoms with Gasteiger partial charge in [-0.25, -0.2) is 0 Å². The molecule has 0 aliphatic carbocycles. The molecule has 14 heteroatoms. The Bertz CT molecular complexity index is 1600. The summed E-state index contributed by atoms with van der Waals surface area (Å²) in [6, 6.07) is 12.5. The molecule has 1 aromatic heterocycles. The molecule has 0 atom stereocenters. The number of fused-ring (bicyclic) bond motifs is 2. The highest BCUT2D eigenvalue weighted by Crippen LogP contribution is 2.38. The third kappa shape index (κ3) is 5.11. The lowest BCUT2D eigenvalue weighted by atomic mass is 10.1. The quantitative estimate of drug-likeness (QED) is 0.280. The fourth-order valence-electron chi connectivity index (χ4n) is 3.02. The number of pyridine rings is 1. The molecule has 0 unspecified atom stereocenters. The number of benzene rings is 3. The standard InChI is InChI=1S/C19H13N3O7S2.2H2O/c23-19-16(10-17(31(27,28)29)15-2-1-7-20-18(15)19)22-21-13-5-3-12-9-14(30(24,25)26)6-4-11(12)8-13;;/h1-10,23H,(H,24,25,26)(H,27,28,29);2*1H2. The summed E-state index contributed by atoms with van der Waals surface area (Å²) in [6.45, 7) is 0. The Morgan fingerprint density at radius 3 is 2.12 bits per heavy atom. The molecule has 33 heavy (non-hydrogen) atoms. The normalized spacial score (nSPS) is 11.9. The van der Waals surface area contributed by atoms with Gasteiger partial charge in [-0.3, -0.25) is 14.1 Å². The fourth-order valence-corrected chi connectivity index (χ4v) is 4.24. The number of aromatic nitrogens is 1. The SMILES string of the molecule is O.O.O=S(=O)(O)c1ccc2cc(N=Nc3cc(S(=O)(=O)O)c4cccnc4c3O)ccc2c1. The van der Waals surface area contributed by atoms with Crippen molar-refractivity contribution in [3.63, 3.8) is 0 Å². The van der Waals surface area contributed by atoms with Crippen LogP contribution in [0.25, 0.3) is 21.7 Å². The van der Waals surface area contributed by atoms with Gasteiger partial charge in [-0.1, -0.05) is 12.1 Å². The molecule has 7 N–H and O–H groups in total. The van der Waals surface area contributed by atoms with E-state index in [2.05, 4.69) is 15.2 Å². The summed E-state index contributed by atoms with van der Waals surface area (Å²) in [6.07, 6.45) is 1.35. The smallest absolute Gasteiger partial charge is 0.295 e. The van der Waals surface area contributed by atoms with Gasteiger partial charge in [-0.15, -0.1) is 5.11 Å². The average Bonchev–Trinajstić information content (AvgIpc) is 2.71. The molecule has 0 aliphatic rings. The number of nitrogens with zero attached hydrogens (tertiary/aromatic N) is 3. The van der Waals surface area contributed by atoms with E-state index in [4.69, 9.17) is 4.55 Å². The molecule has 174 valence electrons. The Balaban J connectivity index is 0.00000193. The molecule has 4 rings (SSSR count). The highest BCUT2D eigenvalue weighted by Gasteiger charge is 2.20. The first-order valence-electron chi connectivity index (χ1n) is 8.55. The summed E-state index contributed by atoms with van der Waals surface area (Å²) in [5, 5.41) is 19.5. The first-order chi connectivity index (χ1) is 14.5. The van der Waals surface area contributed by atoms with Crippen molar-refractivity contribution in [2.45, 2.75) is 9.79 Å². The number of rotatable bonds is 4. The minimum Gasteiger partial charge on any atom is -0.504 e. The lowest BCUT2D eigenvalue weighted by Gasteiger charge is -2.07. The van der Waals surface area contributed by atoms with Crippen molar-refractivity contribution in [2.75, 3.05) is 0 Å². The number of aromatic hydroxyl groups is 1. The summed E-state index contributed by atoms with van der Waals surface area (Å²) >= 11 is 0. The maximum atomic E-state index is 11.7. The van der Waals surface area contributed by atoms with E-state index in [1.807, 2.05) is 0 Å². The predicted octanol–water partition coefficient (Wildman–Crippen LogP) is 2.35. The van der Waals surface area contributed by atoms with Crippen LogP contribution in [-0.4, -0.2) is 47.0 Å². The van der Waals surface area contributed by atoms with E-state index >= 15 is 0 Å². The van der Waals surface area contributed by atoms with E-state index in [1.165, 1.54) is 42.6 Å². The Labute approximate surface area is 187 Å². The molecule has 4 aromatic rings. The molecule has 0 bridgehead atoms. The van der Waals surface area contributed by atoms with E-state index in [0.717, 1.165) is 6.07 Å². The molecule has 3 aromatic carbocycles. The van der Waals surface area contributed by atoms with E-state index in [9.17, 15) is 26.5 Å². The zero-order chi connectivity index (χ0) is 22.4. The van der Waals surface area contributed by atoms with Crippen molar-refractivity contribution < 1.29 is 42.0 Å². The van der Waals surface area contributed by atoms with Gasteiger partial charge in [-0.05, 0) is 53.2 Å². The van der Waals surface area contributed by atoms with Crippen LogP contribution in [0.4, 0.5) is 11.4 Å². The highest BCUT2D eigenvalue weighted by atomic mass is 32.2. The van der Waals surface area contributed by atoms with Crippen LogP contribution in [-0.2, 0) is 20.2 Å². The summed E-state index contributed by atoms with van der Waals surface area (Å²) in [4.78, 5) is 3.22. The van der Waals surface area contributed by atoms with Crippen molar-refractivity contribution in [3.8, 4) is 5.75 Å². The first-order valence-corrected chi connectivity index (χ1v) is 11.4. The molecule has 1 heterocycles. The molecule has 0 aliphatic heterocycles. The van der Waals surface area contributed by atoms with Crippen molar-refractivity contribution in [3.05, 3.63) is 60.8 Å². The van der Waals surface area contributed by atoms with Crippen molar-refractivity contribution in [1.82, 2.24) is 4.98 Å². The van der Waals surface area contributed by atoms with Crippen LogP contribution in [0.3, 0.4) is 0 Å². The Morgan fingerprint density at radius 2 is 1.45 bits per heavy atom. The fraction of sp³-hybridized carbons (Fsp3) is 0. The molecule has 0 amide bonds. The van der Waals surface area contributed by atoms with Gasteiger partial charge in [0.15, 0.2) is 5.75 Å². The second-order valence-corrected chi connectivity index (χ2v) is 9.30. The summed E-state index contributed by atoms with van der Waals surface area (Å²) in [7, 11) is -8.95. The summed E-state index contributed by atoms with van der Waals surface area (Å²) < 4.78 is 64.7. The first kappa shape index (κ1) is 25.7. The third-order valence-corrected chi connectivity index (χ3v) is 6.20. The van der Waals surface area contributed by atoms with Crippen LogP contribution in [0.15, 0.2) is 80.8 Å². The van der Waals surface area contributed by atoms with Crippen LogP contribution >= 0.6 is 0 Å². The lowest BCUT2D eigenvalue weighted by Crippen LogP contribution is -1.99. The Kier molecular flexibility index (Phi) is 7.13. The van der Waals surface area contributed by atoms with E-state index in [0.29, 0.717) is 16.5 Å². The van der Waals surface area contributed by atoms with Crippen LogP contribution in [0.1, 0.15) is 0 Å². The maximum Gasteiger partial charge on any atom is 0.295 e. The van der Waals surface area contributed by atoms with Gasteiger partial charge in [0, 0.05) is 11.6 Å². The van der Waals surface area contributed by atoms with E-state index in [-0.39, 0.29) is 32.4 Å². The van der Waals surface area contributed by atoms with Crippen LogP contribution < -0.4 is 0 Å². The predicted molar refractivity (Wildman–Crippen MR) is 118 cm³/mol. The summed E-state index contributed by atoms with van der Waals surface area (Å²) in [5.41, 5.74) is 0.0319. The number of hydrogen-bond donors (Lipinski definition) is 3. The molecule has 0 radical (unpaired) electrons. The van der Waals surface area contributed by atoms with E-state index in [1.54, 1.807) is 12.1 Å². The zero-order valence-corrected chi connectivity index (χ0v) is 18.0. The lowest BCUT2D eigenvalue weighted by molar-refractivity contribution is 0.478. The largest absolute Gasteiger partial charge is 0.504 e. The van der Waals surface area contributed by atoms with Crippen molar-refractivity contribution >= 4 is 53.3 Å². The molecule has 0 fully saturated rings. The number of hydrogen-bond acceptors (Lipinski definition) is 8. The Hall–Kier alpha value is -3.53. The number of azo groups is 1. The Morgan fingerprint density at radius 1 is 0.788 bits per heavy atom. The van der Waals surface area contributed by atoms with Crippen LogP contribution in [0.5, 0.6) is 5.75 Å². The molecular formula is C19H17N3O9S2. The summed E-state index contributed by atoms with van der Waals surface area (Å²) in [5.74, 6) is -0.412. The minimum atomic E-state index is -4.62. The minimum absolute atomic E-state index is 0. The average molecular weight is 495 g/mol. The van der Waals surface area contributed by atoms with Gasteiger partial charge in [0.05, 0.1) is 10.6 Å². The zero-order valence-electron chi connectivity index (χ0n) is 16.4. The van der Waals surface area contributed by atoms with Crippen LogP contribution in [0, 0.1) is 0 Å². The maximum absolute atomic E-state index is 11.7. The molecule has 0 saturated carbocycles. The molecule has 12 nitrogen and oxygen atoms in total. The van der Waals surface area contributed by atoms with Gasteiger partial charge >= 0.3 is 0 Å². The molecule has 0 saturated heterocycles. The second-order valence-electron chi connectivity index (χ2n) is 6.49. The highest BCUT2D eigenvalue weighted by molar-refractivity contribution is 7.86. The molecule has 0 spiro atoms. The second kappa shape index (κ2) is 9.14. The van der Waals surface area contributed by atoms with Gasteiger partial charge in [-0.2, -0.15) is 21.9 Å².